The van der Waals surface area contributed by atoms with Crippen molar-refractivity contribution >= 4 is 11.7 Å². The van der Waals surface area contributed by atoms with E-state index in [9.17, 15) is 4.79 Å². The van der Waals surface area contributed by atoms with E-state index in [1.165, 1.54) is 29.5 Å². The van der Waals surface area contributed by atoms with E-state index in [0.717, 1.165) is 48.6 Å². The van der Waals surface area contributed by atoms with Crippen LogP contribution in [-0.4, -0.2) is 38.2 Å². The van der Waals surface area contributed by atoms with Crippen LogP contribution in [0.25, 0.3) is 11.1 Å². The first-order chi connectivity index (χ1) is 14.0. The Labute approximate surface area is 171 Å². The van der Waals surface area contributed by atoms with E-state index in [2.05, 4.69) is 29.4 Å². The molecule has 1 heterocycles. The second-order valence-electron chi connectivity index (χ2n) is 8.42. The summed E-state index contributed by atoms with van der Waals surface area (Å²) in [7, 11) is 3.90. The smallest absolute Gasteiger partial charge is 0.316 e. The van der Waals surface area contributed by atoms with E-state index < -0.39 is 6.03 Å². The van der Waals surface area contributed by atoms with Crippen LogP contribution in [0.2, 0.25) is 0 Å². The van der Waals surface area contributed by atoms with Gasteiger partial charge in [0.1, 0.15) is 0 Å². The highest BCUT2D eigenvalue weighted by Crippen LogP contribution is 2.53. The van der Waals surface area contributed by atoms with Gasteiger partial charge in [0, 0.05) is 23.8 Å². The first kappa shape index (κ1) is 18.3. The number of nitrogens with two attached hydrogens (primary N) is 1. The van der Waals surface area contributed by atoms with Crippen LogP contribution in [0.15, 0.2) is 24.3 Å². The number of nitrogens with zero attached hydrogens (tertiary/aromatic N) is 1. The monoisotopic (exact) mass is 393 g/mol. The third-order valence-corrected chi connectivity index (χ3v) is 6.41. The minimum atomic E-state index is -0.559. The van der Waals surface area contributed by atoms with Gasteiger partial charge in [-0.2, -0.15) is 0 Å². The molecule has 1 atom stereocenters. The van der Waals surface area contributed by atoms with Crippen molar-refractivity contribution in [2.24, 2.45) is 11.7 Å². The molecule has 6 nitrogen and oxygen atoms in total. The molecule has 2 aliphatic carbocycles. The molecule has 2 aromatic rings. The van der Waals surface area contributed by atoms with Crippen LogP contribution in [0.3, 0.4) is 0 Å². The molecule has 0 radical (unpaired) electrons. The SMILES string of the molecule is COc1cc2c3c(c1OCC1CC1)-c1cc(NC(N)=O)ccc1CC3N(C)CC2. The summed E-state index contributed by atoms with van der Waals surface area (Å²) < 4.78 is 12.2. The Morgan fingerprint density at radius 1 is 1.28 bits per heavy atom. The maximum Gasteiger partial charge on any atom is 0.316 e. The quantitative estimate of drug-likeness (QED) is 0.812. The Morgan fingerprint density at radius 3 is 2.83 bits per heavy atom. The number of ether oxygens (including phenoxy) is 2. The molecule has 1 unspecified atom stereocenters. The molecular weight excluding hydrogens is 366 g/mol. The number of anilines is 1. The molecule has 3 aliphatic rings. The van der Waals surface area contributed by atoms with Crippen molar-refractivity contribution in [2.75, 3.05) is 32.6 Å². The highest BCUT2D eigenvalue weighted by Gasteiger charge is 2.37. The van der Waals surface area contributed by atoms with Crippen LogP contribution in [-0.2, 0) is 12.8 Å². The number of likely N-dealkylation sites (N-methyl/N-ethyl adjacent to an activating group) is 1. The molecule has 0 saturated heterocycles. The fourth-order valence-electron chi connectivity index (χ4n) is 4.69. The van der Waals surface area contributed by atoms with Crippen molar-refractivity contribution < 1.29 is 14.3 Å². The van der Waals surface area contributed by atoms with Crippen LogP contribution in [0.4, 0.5) is 10.5 Å². The van der Waals surface area contributed by atoms with Crippen molar-refractivity contribution in [1.29, 1.82) is 0 Å². The number of hydrogen-bond donors (Lipinski definition) is 2. The summed E-state index contributed by atoms with van der Waals surface area (Å²) in [5.41, 5.74) is 12.2. The van der Waals surface area contributed by atoms with Gasteiger partial charge in [-0.3, -0.25) is 4.90 Å². The van der Waals surface area contributed by atoms with Crippen molar-refractivity contribution in [3.63, 3.8) is 0 Å². The summed E-state index contributed by atoms with van der Waals surface area (Å²) in [5.74, 6) is 2.27. The van der Waals surface area contributed by atoms with Crippen LogP contribution in [0.1, 0.15) is 35.6 Å². The number of carbonyl (C=O) groups is 1. The van der Waals surface area contributed by atoms with Crippen molar-refractivity contribution in [3.8, 4) is 22.6 Å². The number of rotatable bonds is 5. The Bertz CT molecular complexity index is 984. The van der Waals surface area contributed by atoms with E-state index in [1.54, 1.807) is 7.11 Å². The van der Waals surface area contributed by atoms with Crippen LogP contribution < -0.4 is 20.5 Å². The largest absolute Gasteiger partial charge is 0.493 e. The molecule has 0 bridgehead atoms. The van der Waals surface area contributed by atoms with Crippen LogP contribution >= 0.6 is 0 Å². The summed E-state index contributed by atoms with van der Waals surface area (Å²) >= 11 is 0. The molecule has 1 saturated carbocycles. The Hall–Kier alpha value is -2.73. The maximum atomic E-state index is 11.4. The third-order valence-electron chi connectivity index (χ3n) is 6.41. The van der Waals surface area contributed by atoms with E-state index in [4.69, 9.17) is 15.2 Å². The summed E-state index contributed by atoms with van der Waals surface area (Å²) in [5, 5.41) is 2.71. The van der Waals surface area contributed by atoms with Gasteiger partial charge in [-0.15, -0.1) is 0 Å². The topological polar surface area (TPSA) is 76.8 Å². The Kier molecular flexibility index (Phi) is 4.39. The maximum absolute atomic E-state index is 11.4. The molecule has 6 heteroatoms. The van der Waals surface area contributed by atoms with Gasteiger partial charge in [0.05, 0.1) is 13.7 Å². The van der Waals surface area contributed by atoms with E-state index >= 15 is 0 Å². The molecule has 0 spiro atoms. The second-order valence-corrected chi connectivity index (χ2v) is 8.42. The highest BCUT2D eigenvalue weighted by molar-refractivity contribution is 5.91. The molecule has 3 N–H and O–H groups in total. The van der Waals surface area contributed by atoms with Crippen molar-refractivity contribution in [2.45, 2.75) is 31.7 Å². The lowest BCUT2D eigenvalue weighted by Gasteiger charge is -2.40. The lowest BCUT2D eigenvalue weighted by atomic mass is 9.76. The molecule has 1 fully saturated rings. The van der Waals surface area contributed by atoms with Gasteiger partial charge in [-0.05, 0) is 79.1 Å². The minimum Gasteiger partial charge on any atom is -0.493 e. The first-order valence-electron chi connectivity index (χ1n) is 10.3. The van der Waals surface area contributed by atoms with Gasteiger partial charge < -0.3 is 20.5 Å². The number of amides is 2. The number of urea groups is 1. The molecule has 2 aromatic carbocycles. The normalized spacial score (nSPS) is 19.9. The number of benzene rings is 2. The van der Waals surface area contributed by atoms with Gasteiger partial charge in [0.15, 0.2) is 11.5 Å². The molecule has 29 heavy (non-hydrogen) atoms. The lowest BCUT2D eigenvalue weighted by Crippen LogP contribution is -2.35. The predicted octanol–water partition coefficient (Wildman–Crippen LogP) is 3.73. The van der Waals surface area contributed by atoms with E-state index in [0.29, 0.717) is 17.6 Å². The predicted molar refractivity (Wildman–Crippen MR) is 113 cm³/mol. The first-order valence-corrected chi connectivity index (χ1v) is 10.3. The molecule has 5 rings (SSSR count). The number of primary amides is 1. The Morgan fingerprint density at radius 2 is 2.10 bits per heavy atom. The highest BCUT2D eigenvalue weighted by atomic mass is 16.5. The van der Waals surface area contributed by atoms with Crippen LogP contribution in [0.5, 0.6) is 11.5 Å². The zero-order valence-corrected chi connectivity index (χ0v) is 17.0. The number of nitrogens with one attached hydrogen (secondary N) is 1. The van der Waals surface area contributed by atoms with Crippen LogP contribution in [0, 0.1) is 5.92 Å². The fourth-order valence-corrected chi connectivity index (χ4v) is 4.69. The van der Waals surface area contributed by atoms with Gasteiger partial charge in [0.25, 0.3) is 0 Å². The Balaban J connectivity index is 1.72. The number of hydrogen-bond acceptors (Lipinski definition) is 4. The zero-order valence-electron chi connectivity index (χ0n) is 17.0. The van der Waals surface area contributed by atoms with Crippen molar-refractivity contribution in [3.05, 3.63) is 41.0 Å². The summed E-state index contributed by atoms with van der Waals surface area (Å²) in [6, 6.07) is 7.96. The summed E-state index contributed by atoms with van der Waals surface area (Å²) in [6.45, 7) is 1.75. The summed E-state index contributed by atoms with van der Waals surface area (Å²) in [6.07, 6.45) is 4.40. The average Bonchev–Trinajstić information content (AvgIpc) is 3.53. The molecule has 1 aliphatic heterocycles. The molecule has 0 aromatic heterocycles. The number of carbonyl (C=O) groups excluding carboxylic acids is 1. The average molecular weight is 393 g/mol. The van der Waals surface area contributed by atoms with Gasteiger partial charge in [0.2, 0.25) is 0 Å². The van der Waals surface area contributed by atoms with Gasteiger partial charge in [-0.1, -0.05) is 6.07 Å². The molecule has 2 amide bonds. The molecular formula is C23H27N3O3. The van der Waals surface area contributed by atoms with Gasteiger partial charge in [-0.25, -0.2) is 4.79 Å². The lowest BCUT2D eigenvalue weighted by molar-refractivity contribution is 0.225. The third kappa shape index (κ3) is 3.21. The minimum absolute atomic E-state index is 0.324. The second kappa shape index (κ2) is 6.95. The van der Waals surface area contributed by atoms with E-state index in [-0.39, 0.29) is 0 Å². The number of fused-ring (bicyclic) bond motifs is 2. The zero-order chi connectivity index (χ0) is 20.1. The fraction of sp³-hybridized carbons (Fsp3) is 0.435. The van der Waals surface area contributed by atoms with E-state index in [1.807, 2.05) is 12.1 Å². The standard InChI is InChI=1S/C23H27N3O3/c1-26-8-7-15-10-19(28-2)22(29-12-13-3-4-13)21-17-11-16(25-23(24)27)6-5-14(17)9-18(26)20(15)21/h5-6,10-11,13,18H,3-4,7-9,12H2,1-2H3,(H3,24,25,27). The van der Waals surface area contributed by atoms with Crippen molar-refractivity contribution in [1.82, 2.24) is 4.90 Å². The summed E-state index contributed by atoms with van der Waals surface area (Å²) in [4.78, 5) is 13.8. The molecule has 152 valence electrons. The number of methoxy groups -OCH3 is 1. The van der Waals surface area contributed by atoms with Gasteiger partial charge >= 0.3 is 6.03 Å².